The summed E-state index contributed by atoms with van der Waals surface area (Å²) in [6, 6.07) is 9.01. The van der Waals surface area contributed by atoms with E-state index in [9.17, 15) is 4.79 Å². The highest BCUT2D eigenvalue weighted by Crippen LogP contribution is 2.37. The highest BCUT2D eigenvalue weighted by molar-refractivity contribution is 5.68. The molecular formula is C20H24FN3O2. The average molecular weight is 357 g/mol. The number of ether oxygens (including phenoxy) is 1. The zero-order chi connectivity index (χ0) is 18.8. The monoisotopic (exact) mass is 357 g/mol. The third-order valence-corrected chi connectivity index (χ3v) is 4.43. The van der Waals surface area contributed by atoms with Gasteiger partial charge in [0.2, 0.25) is 0 Å². The number of halogens is 1. The number of nitrogens with zero attached hydrogens (tertiary/aromatic N) is 3. The molecule has 1 aromatic heterocycles. The topological polar surface area (TPSA) is 55.3 Å². The molecule has 0 atom stereocenters. The number of alkyl halides is 1. The SMILES string of the molecule is CC(C)(C)OC(=O)N1CCC(F)(c2ccc(-c3ncccn3)cc2)CC1. The Morgan fingerprint density at radius 3 is 2.23 bits per heavy atom. The molecule has 0 unspecified atom stereocenters. The molecule has 1 saturated heterocycles. The van der Waals surface area contributed by atoms with E-state index in [1.54, 1.807) is 35.5 Å². The Labute approximate surface area is 153 Å². The van der Waals surface area contributed by atoms with Crippen LogP contribution in [0.15, 0.2) is 42.7 Å². The Bertz CT molecular complexity index is 749. The average Bonchev–Trinajstić information content (AvgIpc) is 2.62. The van der Waals surface area contributed by atoms with Gasteiger partial charge in [0.25, 0.3) is 0 Å². The highest BCUT2D eigenvalue weighted by atomic mass is 19.1. The third-order valence-electron chi connectivity index (χ3n) is 4.43. The van der Waals surface area contributed by atoms with Crippen molar-refractivity contribution in [1.82, 2.24) is 14.9 Å². The number of hydrogen-bond donors (Lipinski definition) is 0. The van der Waals surface area contributed by atoms with Crippen molar-refractivity contribution in [2.45, 2.75) is 44.9 Å². The van der Waals surface area contributed by atoms with E-state index in [1.807, 2.05) is 32.9 Å². The lowest BCUT2D eigenvalue weighted by Crippen LogP contribution is -2.45. The minimum atomic E-state index is -1.44. The molecule has 0 saturated carbocycles. The van der Waals surface area contributed by atoms with Gasteiger partial charge in [0.1, 0.15) is 11.3 Å². The van der Waals surface area contributed by atoms with Crippen LogP contribution in [-0.4, -0.2) is 39.7 Å². The molecule has 6 heteroatoms. The van der Waals surface area contributed by atoms with Crippen LogP contribution in [0.4, 0.5) is 9.18 Å². The minimum Gasteiger partial charge on any atom is -0.444 e. The first-order valence-electron chi connectivity index (χ1n) is 8.82. The van der Waals surface area contributed by atoms with Crippen LogP contribution in [0, 0.1) is 0 Å². The number of likely N-dealkylation sites (tertiary alicyclic amines) is 1. The molecule has 1 aromatic carbocycles. The summed E-state index contributed by atoms with van der Waals surface area (Å²) in [7, 11) is 0. The summed E-state index contributed by atoms with van der Waals surface area (Å²) in [5, 5.41) is 0. The lowest BCUT2D eigenvalue weighted by molar-refractivity contribution is 0.00221. The van der Waals surface area contributed by atoms with Crippen LogP contribution < -0.4 is 0 Å². The van der Waals surface area contributed by atoms with E-state index >= 15 is 4.39 Å². The fraction of sp³-hybridized carbons (Fsp3) is 0.450. The van der Waals surface area contributed by atoms with Gasteiger partial charge in [-0.25, -0.2) is 19.2 Å². The van der Waals surface area contributed by atoms with Crippen LogP contribution in [-0.2, 0) is 10.4 Å². The van der Waals surface area contributed by atoms with Gasteiger partial charge < -0.3 is 9.64 Å². The number of piperidine rings is 1. The van der Waals surface area contributed by atoms with Gasteiger partial charge in [0.05, 0.1) is 0 Å². The van der Waals surface area contributed by atoms with E-state index in [4.69, 9.17) is 4.74 Å². The first kappa shape index (κ1) is 18.3. The fourth-order valence-electron chi connectivity index (χ4n) is 3.03. The van der Waals surface area contributed by atoms with Crippen molar-refractivity contribution < 1.29 is 13.9 Å². The second kappa shape index (κ2) is 7.02. The molecule has 0 bridgehead atoms. The van der Waals surface area contributed by atoms with Crippen LogP contribution >= 0.6 is 0 Å². The summed E-state index contributed by atoms with van der Waals surface area (Å²) in [5.41, 5.74) is -0.504. The largest absolute Gasteiger partial charge is 0.444 e. The second-order valence-corrected chi connectivity index (χ2v) is 7.58. The molecule has 26 heavy (non-hydrogen) atoms. The lowest BCUT2D eigenvalue weighted by Gasteiger charge is -2.37. The first-order valence-corrected chi connectivity index (χ1v) is 8.82. The minimum absolute atomic E-state index is 0.257. The van der Waals surface area contributed by atoms with Gasteiger partial charge >= 0.3 is 6.09 Å². The molecule has 1 fully saturated rings. The van der Waals surface area contributed by atoms with Gasteiger partial charge in [-0.1, -0.05) is 24.3 Å². The summed E-state index contributed by atoms with van der Waals surface area (Å²) < 4.78 is 20.8. The van der Waals surface area contributed by atoms with Crippen LogP contribution in [0.3, 0.4) is 0 Å². The molecule has 3 rings (SSSR count). The number of carbonyl (C=O) groups is 1. The molecule has 0 radical (unpaired) electrons. The molecule has 1 aliphatic heterocycles. The van der Waals surface area contributed by atoms with Gasteiger partial charge in [0, 0.05) is 43.9 Å². The van der Waals surface area contributed by atoms with E-state index in [0.717, 1.165) is 5.56 Å². The molecule has 0 aliphatic carbocycles. The van der Waals surface area contributed by atoms with Crippen LogP contribution in [0.5, 0.6) is 0 Å². The van der Waals surface area contributed by atoms with Crippen molar-refractivity contribution in [3.8, 4) is 11.4 Å². The smallest absolute Gasteiger partial charge is 0.410 e. The van der Waals surface area contributed by atoms with Gasteiger partial charge in [-0.15, -0.1) is 0 Å². The Kier molecular flexibility index (Phi) is 4.94. The second-order valence-electron chi connectivity index (χ2n) is 7.58. The van der Waals surface area contributed by atoms with Crippen molar-refractivity contribution in [3.05, 3.63) is 48.3 Å². The van der Waals surface area contributed by atoms with Crippen molar-refractivity contribution in [1.29, 1.82) is 0 Å². The molecule has 0 N–H and O–H groups in total. The summed E-state index contributed by atoms with van der Waals surface area (Å²) >= 11 is 0. The predicted octanol–water partition coefficient (Wildman–Crippen LogP) is 4.34. The van der Waals surface area contributed by atoms with Gasteiger partial charge in [-0.05, 0) is 32.4 Å². The molecular weight excluding hydrogens is 333 g/mol. The predicted molar refractivity (Wildman–Crippen MR) is 97.3 cm³/mol. The third kappa shape index (κ3) is 4.18. The normalized spacial score (nSPS) is 17.0. The standard InChI is InChI=1S/C20H24FN3O2/c1-19(2,3)26-18(25)24-13-9-20(21,10-14-24)16-7-5-15(6-8-16)17-22-11-4-12-23-17/h4-8,11-12H,9-10,13-14H2,1-3H3. The number of amides is 1. The zero-order valence-electron chi connectivity index (χ0n) is 15.4. The van der Waals surface area contributed by atoms with E-state index in [1.165, 1.54) is 0 Å². The maximum Gasteiger partial charge on any atom is 0.410 e. The maximum absolute atomic E-state index is 15.4. The maximum atomic E-state index is 15.4. The number of aromatic nitrogens is 2. The number of hydrogen-bond acceptors (Lipinski definition) is 4. The number of carbonyl (C=O) groups excluding carboxylic acids is 1. The summed E-state index contributed by atoms with van der Waals surface area (Å²) in [5.74, 6) is 0.617. The van der Waals surface area contributed by atoms with Gasteiger partial charge in [-0.3, -0.25) is 0 Å². The van der Waals surface area contributed by atoms with Gasteiger partial charge in [-0.2, -0.15) is 0 Å². The number of benzene rings is 1. The number of rotatable bonds is 2. The van der Waals surface area contributed by atoms with Crippen molar-refractivity contribution >= 4 is 6.09 Å². The fourth-order valence-corrected chi connectivity index (χ4v) is 3.03. The Balaban J connectivity index is 1.66. The summed E-state index contributed by atoms with van der Waals surface area (Å²) in [6.45, 7) is 6.16. The first-order chi connectivity index (χ1) is 12.3. The van der Waals surface area contributed by atoms with E-state index in [2.05, 4.69) is 9.97 Å². The van der Waals surface area contributed by atoms with E-state index < -0.39 is 11.3 Å². The van der Waals surface area contributed by atoms with Crippen molar-refractivity contribution in [2.75, 3.05) is 13.1 Å². The molecule has 0 spiro atoms. The molecule has 1 amide bonds. The molecule has 1 aliphatic rings. The molecule has 2 aromatic rings. The van der Waals surface area contributed by atoms with Crippen molar-refractivity contribution in [3.63, 3.8) is 0 Å². The summed E-state index contributed by atoms with van der Waals surface area (Å²) in [4.78, 5) is 22.1. The summed E-state index contributed by atoms with van der Waals surface area (Å²) in [6.07, 6.45) is 3.50. The van der Waals surface area contributed by atoms with Crippen LogP contribution in [0.25, 0.3) is 11.4 Å². The molecule has 138 valence electrons. The highest BCUT2D eigenvalue weighted by Gasteiger charge is 2.38. The van der Waals surface area contributed by atoms with Crippen LogP contribution in [0.1, 0.15) is 39.2 Å². The molecule has 2 heterocycles. The van der Waals surface area contributed by atoms with E-state index in [-0.39, 0.29) is 18.9 Å². The Hall–Kier alpha value is -2.50. The Morgan fingerprint density at radius 2 is 1.69 bits per heavy atom. The lowest BCUT2D eigenvalue weighted by atomic mass is 9.86. The van der Waals surface area contributed by atoms with Gasteiger partial charge in [0.15, 0.2) is 5.82 Å². The molecule has 5 nitrogen and oxygen atoms in total. The van der Waals surface area contributed by atoms with Crippen molar-refractivity contribution in [2.24, 2.45) is 0 Å². The zero-order valence-corrected chi connectivity index (χ0v) is 15.4. The van der Waals surface area contributed by atoms with E-state index in [0.29, 0.717) is 24.5 Å². The Morgan fingerprint density at radius 1 is 1.12 bits per heavy atom. The quantitative estimate of drug-likeness (QED) is 0.802. The van der Waals surface area contributed by atoms with Crippen LogP contribution in [0.2, 0.25) is 0 Å².